The van der Waals surface area contributed by atoms with Crippen LogP contribution in [0.2, 0.25) is 0 Å². The second kappa shape index (κ2) is 6.86. The van der Waals surface area contributed by atoms with Crippen LogP contribution in [0.15, 0.2) is 18.2 Å². The lowest BCUT2D eigenvalue weighted by molar-refractivity contribution is 0.0820. The van der Waals surface area contributed by atoms with E-state index in [9.17, 15) is 4.79 Å². The summed E-state index contributed by atoms with van der Waals surface area (Å²) < 4.78 is 6.13. The van der Waals surface area contributed by atoms with Gasteiger partial charge in [0.15, 0.2) is 0 Å². The molecule has 0 saturated carbocycles. The Bertz CT molecular complexity index is 752. The van der Waals surface area contributed by atoms with Gasteiger partial charge < -0.3 is 15.4 Å². The third-order valence-corrected chi connectivity index (χ3v) is 3.84. The van der Waals surface area contributed by atoms with Crippen molar-refractivity contribution >= 4 is 11.9 Å². The number of nitrogens with two attached hydrogens (primary N) is 1. The fraction of sp³-hybridized carbons (Fsp3) is 0.389. The Morgan fingerprint density at radius 3 is 2.29 bits per heavy atom. The Morgan fingerprint density at radius 1 is 1.17 bits per heavy atom. The zero-order chi connectivity index (χ0) is 18.0. The molecule has 2 N–H and O–H groups in total. The largest absolute Gasteiger partial charge is 0.484 e. The van der Waals surface area contributed by atoms with Gasteiger partial charge in [-0.2, -0.15) is 0 Å². The minimum absolute atomic E-state index is 0.134. The van der Waals surface area contributed by atoms with Gasteiger partial charge in [0.1, 0.15) is 11.9 Å². The van der Waals surface area contributed by atoms with Crippen LogP contribution in [-0.2, 0) is 0 Å². The van der Waals surface area contributed by atoms with E-state index in [1.807, 2.05) is 39.0 Å². The van der Waals surface area contributed by atoms with Gasteiger partial charge >= 0.3 is 0 Å². The number of hydrogen-bond donors (Lipinski definition) is 1. The van der Waals surface area contributed by atoms with Gasteiger partial charge in [0, 0.05) is 14.1 Å². The van der Waals surface area contributed by atoms with Crippen LogP contribution in [-0.4, -0.2) is 34.9 Å². The first-order chi connectivity index (χ1) is 11.2. The van der Waals surface area contributed by atoms with Crippen LogP contribution in [0.5, 0.6) is 5.75 Å². The number of carbonyl (C=O) groups excluding carboxylic acids is 1. The van der Waals surface area contributed by atoms with Crippen molar-refractivity contribution in [3.05, 3.63) is 46.3 Å². The molecule has 128 valence electrons. The smallest absolute Gasteiger partial charge is 0.257 e. The molecule has 1 atom stereocenters. The number of para-hydroxylation sites is 1. The second-order valence-corrected chi connectivity index (χ2v) is 6.11. The molecule has 6 heteroatoms. The van der Waals surface area contributed by atoms with Crippen LogP contribution in [0.4, 0.5) is 5.95 Å². The number of carbonyl (C=O) groups is 1. The number of ether oxygens (including phenoxy) is 1. The first-order valence-corrected chi connectivity index (χ1v) is 7.81. The van der Waals surface area contributed by atoms with Crippen molar-refractivity contribution in [1.29, 1.82) is 0 Å². The number of benzene rings is 1. The van der Waals surface area contributed by atoms with Crippen molar-refractivity contribution in [2.75, 3.05) is 19.8 Å². The first-order valence-electron chi connectivity index (χ1n) is 7.81. The standard InChI is InChI=1S/C18H24N4O2/c1-10-8-7-9-11(2)16(10)24-13(4)15-14(17(23)22(5)6)12(3)20-18(19)21-15/h7-9,13H,1-6H3,(H2,19,20,21). The Morgan fingerprint density at radius 2 is 1.75 bits per heavy atom. The summed E-state index contributed by atoms with van der Waals surface area (Å²) in [5.74, 6) is 0.761. The van der Waals surface area contributed by atoms with Gasteiger partial charge in [-0.1, -0.05) is 18.2 Å². The summed E-state index contributed by atoms with van der Waals surface area (Å²) in [5, 5.41) is 0. The van der Waals surface area contributed by atoms with Gasteiger partial charge in [-0.25, -0.2) is 9.97 Å². The summed E-state index contributed by atoms with van der Waals surface area (Å²) in [4.78, 5) is 22.4. The molecule has 1 aromatic heterocycles. The van der Waals surface area contributed by atoms with Crippen molar-refractivity contribution in [3.8, 4) is 5.75 Å². The zero-order valence-corrected chi connectivity index (χ0v) is 15.0. The topological polar surface area (TPSA) is 81.3 Å². The van der Waals surface area contributed by atoms with Crippen molar-refractivity contribution in [1.82, 2.24) is 14.9 Å². The molecule has 1 heterocycles. The zero-order valence-electron chi connectivity index (χ0n) is 15.0. The summed E-state index contributed by atoms with van der Waals surface area (Å²) >= 11 is 0. The highest BCUT2D eigenvalue weighted by Gasteiger charge is 2.25. The van der Waals surface area contributed by atoms with Gasteiger partial charge in [-0.05, 0) is 38.8 Å². The molecule has 6 nitrogen and oxygen atoms in total. The van der Waals surface area contributed by atoms with E-state index in [0.29, 0.717) is 17.0 Å². The summed E-state index contributed by atoms with van der Waals surface area (Å²) in [6.07, 6.45) is -0.437. The van der Waals surface area contributed by atoms with E-state index in [-0.39, 0.29) is 11.9 Å². The monoisotopic (exact) mass is 328 g/mol. The van der Waals surface area contributed by atoms with E-state index >= 15 is 0 Å². The minimum atomic E-state index is -0.437. The molecule has 0 aliphatic carbocycles. The van der Waals surface area contributed by atoms with E-state index in [1.54, 1.807) is 21.0 Å². The molecule has 0 spiro atoms. The predicted octanol–water partition coefficient (Wildman–Crippen LogP) is 2.83. The van der Waals surface area contributed by atoms with Gasteiger partial charge in [-0.15, -0.1) is 0 Å². The molecule has 0 aliphatic rings. The number of hydrogen-bond acceptors (Lipinski definition) is 5. The molecular weight excluding hydrogens is 304 g/mol. The number of aryl methyl sites for hydroxylation is 3. The van der Waals surface area contributed by atoms with Gasteiger partial charge in [0.05, 0.1) is 17.0 Å². The Balaban J connectivity index is 2.49. The number of nitrogen functional groups attached to an aromatic ring is 1. The van der Waals surface area contributed by atoms with Crippen molar-refractivity contribution in [2.24, 2.45) is 0 Å². The van der Waals surface area contributed by atoms with E-state index < -0.39 is 6.10 Å². The molecule has 1 unspecified atom stereocenters. The van der Waals surface area contributed by atoms with Crippen LogP contribution in [0.1, 0.15) is 45.9 Å². The van der Waals surface area contributed by atoms with E-state index in [0.717, 1.165) is 16.9 Å². The third kappa shape index (κ3) is 3.48. The molecule has 2 aromatic rings. The second-order valence-electron chi connectivity index (χ2n) is 6.11. The number of amides is 1. The molecule has 0 radical (unpaired) electrons. The molecule has 24 heavy (non-hydrogen) atoms. The number of aromatic nitrogens is 2. The van der Waals surface area contributed by atoms with Crippen LogP contribution in [0, 0.1) is 20.8 Å². The van der Waals surface area contributed by atoms with E-state index in [4.69, 9.17) is 10.5 Å². The quantitative estimate of drug-likeness (QED) is 0.933. The van der Waals surface area contributed by atoms with Gasteiger partial charge in [0.25, 0.3) is 5.91 Å². The number of rotatable bonds is 4. The number of anilines is 1. The molecule has 0 saturated heterocycles. The normalized spacial score (nSPS) is 11.9. The molecule has 1 aromatic carbocycles. The molecule has 0 bridgehead atoms. The summed E-state index contributed by atoms with van der Waals surface area (Å²) in [7, 11) is 3.39. The van der Waals surface area contributed by atoms with E-state index in [1.165, 1.54) is 4.90 Å². The Labute approximate surface area is 142 Å². The van der Waals surface area contributed by atoms with Crippen LogP contribution >= 0.6 is 0 Å². The van der Waals surface area contributed by atoms with Crippen LogP contribution in [0.3, 0.4) is 0 Å². The highest BCUT2D eigenvalue weighted by atomic mass is 16.5. The molecule has 0 fully saturated rings. The Kier molecular flexibility index (Phi) is 5.07. The van der Waals surface area contributed by atoms with Crippen LogP contribution < -0.4 is 10.5 Å². The highest BCUT2D eigenvalue weighted by Crippen LogP contribution is 2.30. The fourth-order valence-electron chi connectivity index (χ4n) is 2.62. The van der Waals surface area contributed by atoms with Crippen molar-refractivity contribution in [2.45, 2.75) is 33.8 Å². The molecule has 2 rings (SSSR count). The lowest BCUT2D eigenvalue weighted by Gasteiger charge is -2.22. The molecular formula is C18H24N4O2. The molecule has 1 amide bonds. The highest BCUT2D eigenvalue weighted by molar-refractivity contribution is 5.96. The summed E-state index contributed by atoms with van der Waals surface area (Å²) in [6, 6.07) is 5.96. The average molecular weight is 328 g/mol. The average Bonchev–Trinajstić information content (AvgIpc) is 2.49. The summed E-state index contributed by atoms with van der Waals surface area (Å²) in [5.41, 5.74) is 9.34. The summed E-state index contributed by atoms with van der Waals surface area (Å²) in [6.45, 7) is 7.59. The maximum Gasteiger partial charge on any atom is 0.257 e. The molecule has 0 aliphatic heterocycles. The first kappa shape index (κ1) is 17.7. The van der Waals surface area contributed by atoms with Crippen LogP contribution in [0.25, 0.3) is 0 Å². The maximum absolute atomic E-state index is 12.5. The third-order valence-electron chi connectivity index (χ3n) is 3.84. The van der Waals surface area contributed by atoms with Gasteiger partial charge in [-0.3, -0.25) is 4.79 Å². The predicted molar refractivity (Wildman–Crippen MR) is 94.2 cm³/mol. The lowest BCUT2D eigenvalue weighted by atomic mass is 10.1. The SMILES string of the molecule is Cc1cccc(C)c1OC(C)c1nc(N)nc(C)c1C(=O)N(C)C. The van der Waals surface area contributed by atoms with Crippen molar-refractivity contribution < 1.29 is 9.53 Å². The number of nitrogens with zero attached hydrogens (tertiary/aromatic N) is 3. The lowest BCUT2D eigenvalue weighted by Crippen LogP contribution is -2.27. The van der Waals surface area contributed by atoms with Gasteiger partial charge in [0.2, 0.25) is 5.95 Å². The van der Waals surface area contributed by atoms with Crippen molar-refractivity contribution in [3.63, 3.8) is 0 Å². The minimum Gasteiger partial charge on any atom is -0.484 e. The maximum atomic E-state index is 12.5. The fourth-order valence-corrected chi connectivity index (χ4v) is 2.62. The Hall–Kier alpha value is -2.63. The van der Waals surface area contributed by atoms with E-state index in [2.05, 4.69) is 9.97 Å².